The number of benzene rings is 2. The van der Waals surface area contributed by atoms with Gasteiger partial charge in [-0.25, -0.2) is 0 Å². The van der Waals surface area contributed by atoms with E-state index in [0.717, 1.165) is 41.4 Å². The number of hydrogen-bond acceptors (Lipinski definition) is 2. The molecular weight excluding hydrogens is 362 g/mol. The summed E-state index contributed by atoms with van der Waals surface area (Å²) in [5.41, 5.74) is 3.14. The molecule has 29 heavy (non-hydrogen) atoms. The molecule has 3 aromatic rings. The highest BCUT2D eigenvalue weighted by atomic mass is 16.2. The van der Waals surface area contributed by atoms with E-state index in [2.05, 4.69) is 10.3 Å². The third-order valence-electron chi connectivity index (χ3n) is 5.82. The maximum atomic E-state index is 12.9. The van der Waals surface area contributed by atoms with Crippen LogP contribution in [0.4, 0.5) is 0 Å². The second kappa shape index (κ2) is 8.52. The average molecular weight is 389 g/mol. The van der Waals surface area contributed by atoms with Crippen LogP contribution in [0.1, 0.15) is 36.9 Å². The first-order valence-electron chi connectivity index (χ1n) is 10.3. The number of nitrogens with one attached hydrogen (secondary N) is 2. The zero-order chi connectivity index (χ0) is 20.2. The normalized spacial score (nSPS) is 17.8. The summed E-state index contributed by atoms with van der Waals surface area (Å²) in [5.74, 6) is -0.0314. The molecule has 2 atom stereocenters. The fourth-order valence-corrected chi connectivity index (χ4v) is 4.13. The first-order chi connectivity index (χ1) is 14.1. The van der Waals surface area contributed by atoms with Crippen molar-refractivity contribution >= 4 is 22.7 Å². The number of nitrogens with zero attached hydrogens (tertiary/aromatic N) is 1. The first kappa shape index (κ1) is 19.2. The molecule has 1 aliphatic rings. The number of aromatic amines is 1. The fraction of sp³-hybridized carbons (Fsp3) is 0.333. The van der Waals surface area contributed by atoms with Gasteiger partial charge >= 0.3 is 0 Å². The number of carbonyl (C=O) groups excluding carboxylic acids is 2. The van der Waals surface area contributed by atoms with Crippen molar-refractivity contribution in [2.75, 3.05) is 13.1 Å². The lowest BCUT2D eigenvalue weighted by atomic mass is 9.95. The molecule has 0 radical (unpaired) electrons. The second-order valence-electron chi connectivity index (χ2n) is 7.86. The van der Waals surface area contributed by atoms with Crippen LogP contribution in [0.25, 0.3) is 10.9 Å². The van der Waals surface area contributed by atoms with E-state index >= 15 is 0 Å². The van der Waals surface area contributed by atoms with E-state index in [4.69, 9.17) is 0 Å². The minimum Gasteiger partial charge on any atom is -0.361 e. The second-order valence-corrected chi connectivity index (χ2v) is 7.86. The Morgan fingerprint density at radius 2 is 1.90 bits per heavy atom. The number of hydrogen-bond donors (Lipinski definition) is 2. The molecule has 2 heterocycles. The molecule has 2 aromatic carbocycles. The Hall–Kier alpha value is -3.08. The average Bonchev–Trinajstić information content (AvgIpc) is 3.17. The Kier molecular flexibility index (Phi) is 5.65. The standard InChI is InChI=1S/C24H27N3O2/c1-17(18-8-3-2-4-9-18)26-24(29)19-10-7-13-27(16-19)23(28)14-20-15-25-22-12-6-5-11-21(20)22/h2-6,8-9,11-12,15,17,19,25H,7,10,13-14,16H2,1H3,(H,26,29)/t17-,19-/m0/s1. The Labute approximate surface area is 171 Å². The van der Waals surface area contributed by atoms with Gasteiger partial charge in [-0.3, -0.25) is 9.59 Å². The summed E-state index contributed by atoms with van der Waals surface area (Å²) in [6.07, 6.45) is 3.96. The Balaban J connectivity index is 1.37. The van der Waals surface area contributed by atoms with Gasteiger partial charge in [-0.1, -0.05) is 48.5 Å². The number of likely N-dealkylation sites (tertiary alicyclic amines) is 1. The van der Waals surface area contributed by atoms with Gasteiger partial charge in [-0.2, -0.15) is 0 Å². The predicted molar refractivity (Wildman–Crippen MR) is 114 cm³/mol. The summed E-state index contributed by atoms with van der Waals surface area (Å²) in [4.78, 5) is 30.8. The molecule has 0 saturated carbocycles. The maximum absolute atomic E-state index is 12.9. The van der Waals surface area contributed by atoms with Crippen LogP contribution in [0, 0.1) is 5.92 Å². The summed E-state index contributed by atoms with van der Waals surface area (Å²) in [7, 11) is 0. The van der Waals surface area contributed by atoms with Gasteiger partial charge in [-0.05, 0) is 37.0 Å². The molecule has 0 aliphatic carbocycles. The summed E-state index contributed by atoms with van der Waals surface area (Å²) >= 11 is 0. The van der Waals surface area contributed by atoms with Crippen molar-refractivity contribution in [3.63, 3.8) is 0 Å². The summed E-state index contributed by atoms with van der Waals surface area (Å²) in [6.45, 7) is 3.21. The van der Waals surface area contributed by atoms with Gasteiger partial charge in [-0.15, -0.1) is 0 Å². The molecular formula is C24H27N3O2. The Morgan fingerprint density at radius 1 is 1.14 bits per heavy atom. The van der Waals surface area contributed by atoms with Crippen LogP contribution >= 0.6 is 0 Å². The Morgan fingerprint density at radius 3 is 2.72 bits per heavy atom. The summed E-state index contributed by atoms with van der Waals surface area (Å²) < 4.78 is 0. The molecule has 0 unspecified atom stereocenters. The van der Waals surface area contributed by atoms with Crippen molar-refractivity contribution in [2.24, 2.45) is 5.92 Å². The van der Waals surface area contributed by atoms with Crippen LogP contribution in [0.2, 0.25) is 0 Å². The van der Waals surface area contributed by atoms with Crippen LogP contribution < -0.4 is 5.32 Å². The molecule has 5 heteroatoms. The number of rotatable bonds is 5. The van der Waals surface area contributed by atoms with Crippen molar-refractivity contribution < 1.29 is 9.59 Å². The molecule has 5 nitrogen and oxygen atoms in total. The van der Waals surface area contributed by atoms with Gasteiger partial charge in [0.15, 0.2) is 0 Å². The number of fused-ring (bicyclic) bond motifs is 1. The van der Waals surface area contributed by atoms with Crippen molar-refractivity contribution in [3.05, 3.63) is 71.9 Å². The van der Waals surface area contributed by atoms with Gasteiger partial charge in [0, 0.05) is 30.2 Å². The first-order valence-corrected chi connectivity index (χ1v) is 10.3. The number of piperidine rings is 1. The molecule has 2 N–H and O–H groups in total. The van der Waals surface area contributed by atoms with Crippen LogP contribution in [-0.2, 0) is 16.0 Å². The maximum Gasteiger partial charge on any atom is 0.227 e. The predicted octanol–water partition coefficient (Wildman–Crippen LogP) is 3.83. The van der Waals surface area contributed by atoms with Gasteiger partial charge in [0.25, 0.3) is 0 Å². The SMILES string of the molecule is C[C@H](NC(=O)[C@H]1CCCN(C(=O)Cc2c[nH]c3ccccc23)C1)c1ccccc1. The molecule has 2 amide bonds. The van der Waals surface area contributed by atoms with E-state index in [-0.39, 0.29) is 23.8 Å². The number of carbonyl (C=O) groups is 2. The van der Waals surface area contributed by atoms with E-state index in [1.807, 2.05) is 72.6 Å². The number of H-pyrrole nitrogens is 1. The van der Waals surface area contributed by atoms with Crippen LogP contribution in [-0.4, -0.2) is 34.8 Å². The molecule has 0 bridgehead atoms. The minimum absolute atomic E-state index is 0.0333. The largest absolute Gasteiger partial charge is 0.361 e. The highest BCUT2D eigenvalue weighted by molar-refractivity contribution is 5.89. The highest BCUT2D eigenvalue weighted by Crippen LogP contribution is 2.22. The lowest BCUT2D eigenvalue weighted by Gasteiger charge is -2.32. The van der Waals surface area contributed by atoms with Crippen molar-refractivity contribution in [2.45, 2.75) is 32.2 Å². The zero-order valence-corrected chi connectivity index (χ0v) is 16.7. The van der Waals surface area contributed by atoms with Crippen LogP contribution in [0.5, 0.6) is 0 Å². The Bertz CT molecular complexity index is 996. The molecule has 4 rings (SSSR count). The van der Waals surface area contributed by atoms with Crippen LogP contribution in [0.3, 0.4) is 0 Å². The van der Waals surface area contributed by atoms with E-state index in [1.54, 1.807) is 0 Å². The highest BCUT2D eigenvalue weighted by Gasteiger charge is 2.29. The molecule has 1 aliphatic heterocycles. The van der Waals surface area contributed by atoms with Crippen molar-refractivity contribution in [3.8, 4) is 0 Å². The van der Waals surface area contributed by atoms with Crippen molar-refractivity contribution in [1.82, 2.24) is 15.2 Å². The number of aromatic nitrogens is 1. The van der Waals surface area contributed by atoms with E-state index < -0.39 is 0 Å². The molecule has 1 fully saturated rings. The van der Waals surface area contributed by atoms with E-state index in [9.17, 15) is 9.59 Å². The summed E-state index contributed by atoms with van der Waals surface area (Å²) in [5, 5.41) is 4.20. The van der Waals surface area contributed by atoms with Gasteiger partial charge in [0.05, 0.1) is 18.4 Å². The van der Waals surface area contributed by atoms with Gasteiger partial charge in [0.2, 0.25) is 11.8 Å². The monoisotopic (exact) mass is 389 g/mol. The van der Waals surface area contributed by atoms with E-state index in [1.165, 1.54) is 0 Å². The third kappa shape index (κ3) is 4.34. The zero-order valence-electron chi connectivity index (χ0n) is 16.7. The van der Waals surface area contributed by atoms with Gasteiger partial charge in [0.1, 0.15) is 0 Å². The number of para-hydroxylation sites is 1. The van der Waals surface area contributed by atoms with Gasteiger partial charge < -0.3 is 15.2 Å². The van der Waals surface area contributed by atoms with Crippen molar-refractivity contribution in [1.29, 1.82) is 0 Å². The van der Waals surface area contributed by atoms with E-state index in [0.29, 0.717) is 13.0 Å². The molecule has 150 valence electrons. The van der Waals surface area contributed by atoms with Crippen LogP contribution in [0.15, 0.2) is 60.8 Å². The molecule has 1 aromatic heterocycles. The molecule has 0 spiro atoms. The molecule has 1 saturated heterocycles. The lowest BCUT2D eigenvalue weighted by molar-refractivity contribution is -0.135. The third-order valence-corrected chi connectivity index (χ3v) is 5.82. The number of amides is 2. The smallest absolute Gasteiger partial charge is 0.227 e. The minimum atomic E-state index is -0.151. The fourth-order valence-electron chi connectivity index (χ4n) is 4.13. The topological polar surface area (TPSA) is 65.2 Å². The lowest BCUT2D eigenvalue weighted by Crippen LogP contribution is -2.46. The quantitative estimate of drug-likeness (QED) is 0.697. The summed E-state index contributed by atoms with van der Waals surface area (Å²) in [6, 6.07) is 17.9.